The Balaban J connectivity index is 1.65. The number of nitrogens with zero attached hydrogens (tertiary/aromatic N) is 1. The number of hydrogen-bond donors (Lipinski definition) is 1. The number of benzene rings is 2. The predicted molar refractivity (Wildman–Crippen MR) is 80.8 cm³/mol. The molecule has 2 aromatic carbocycles. The molecule has 1 aliphatic rings. The average molecular weight is 276 g/mol. The van der Waals surface area contributed by atoms with E-state index in [-0.39, 0.29) is 5.91 Å². The lowest BCUT2D eigenvalue weighted by atomic mass is 10.1. The summed E-state index contributed by atoms with van der Waals surface area (Å²) in [6, 6.07) is 15.3. The maximum Gasteiger partial charge on any atom is 0.251 e. The molecule has 2 aromatic rings. The SMILES string of the molecule is N#Cc1ccc(CNC(=O)c2ccc3c(c2)CCC3)cc1. The van der Waals surface area contributed by atoms with E-state index in [0.717, 1.165) is 24.0 Å². The zero-order valence-electron chi connectivity index (χ0n) is 11.7. The Morgan fingerprint density at radius 3 is 2.62 bits per heavy atom. The molecule has 1 aliphatic carbocycles. The summed E-state index contributed by atoms with van der Waals surface area (Å²) in [5.74, 6) is -0.0472. The second kappa shape index (κ2) is 5.80. The van der Waals surface area contributed by atoms with Crippen LogP contribution in [0.2, 0.25) is 0 Å². The monoisotopic (exact) mass is 276 g/mol. The molecule has 0 saturated heterocycles. The maximum absolute atomic E-state index is 12.2. The van der Waals surface area contributed by atoms with Gasteiger partial charge in [0.2, 0.25) is 0 Å². The van der Waals surface area contributed by atoms with Gasteiger partial charge in [0.15, 0.2) is 0 Å². The molecule has 0 bridgehead atoms. The molecule has 0 fully saturated rings. The van der Waals surface area contributed by atoms with Crippen LogP contribution in [0.15, 0.2) is 42.5 Å². The van der Waals surface area contributed by atoms with E-state index >= 15 is 0 Å². The van der Waals surface area contributed by atoms with Gasteiger partial charge in [-0.15, -0.1) is 0 Å². The van der Waals surface area contributed by atoms with E-state index in [2.05, 4.69) is 17.5 Å². The van der Waals surface area contributed by atoms with Gasteiger partial charge >= 0.3 is 0 Å². The third kappa shape index (κ3) is 2.95. The van der Waals surface area contributed by atoms with Crippen molar-refractivity contribution in [3.8, 4) is 6.07 Å². The molecule has 1 N–H and O–H groups in total. The van der Waals surface area contributed by atoms with Crippen molar-refractivity contribution in [2.24, 2.45) is 0 Å². The van der Waals surface area contributed by atoms with Crippen molar-refractivity contribution >= 4 is 5.91 Å². The molecular formula is C18H16N2O. The molecule has 0 atom stereocenters. The number of nitriles is 1. The van der Waals surface area contributed by atoms with Crippen LogP contribution in [0, 0.1) is 11.3 Å². The normalized spacial score (nSPS) is 12.5. The largest absolute Gasteiger partial charge is 0.348 e. The van der Waals surface area contributed by atoms with Crippen molar-refractivity contribution in [2.75, 3.05) is 0 Å². The van der Waals surface area contributed by atoms with Gasteiger partial charge in [-0.1, -0.05) is 18.2 Å². The Bertz CT molecular complexity index is 711. The standard InChI is InChI=1S/C18H16N2O/c19-11-13-4-6-14(7-5-13)12-20-18(21)17-9-8-15-2-1-3-16(15)10-17/h4-10H,1-3,12H2,(H,20,21). The molecule has 3 heteroatoms. The second-order valence-corrected chi connectivity index (χ2v) is 5.33. The summed E-state index contributed by atoms with van der Waals surface area (Å²) in [6.07, 6.45) is 3.39. The number of aryl methyl sites for hydroxylation is 2. The Morgan fingerprint density at radius 2 is 1.86 bits per heavy atom. The van der Waals surface area contributed by atoms with Crippen LogP contribution in [-0.4, -0.2) is 5.91 Å². The van der Waals surface area contributed by atoms with Gasteiger partial charge in [-0.25, -0.2) is 0 Å². The third-order valence-electron chi connectivity index (χ3n) is 3.90. The fraction of sp³-hybridized carbons (Fsp3) is 0.222. The van der Waals surface area contributed by atoms with Crippen LogP contribution in [0.4, 0.5) is 0 Å². The number of hydrogen-bond acceptors (Lipinski definition) is 2. The predicted octanol–water partition coefficient (Wildman–Crippen LogP) is 2.98. The van der Waals surface area contributed by atoms with E-state index < -0.39 is 0 Å². The van der Waals surface area contributed by atoms with Crippen LogP contribution in [0.1, 0.15) is 39.0 Å². The van der Waals surface area contributed by atoms with Crippen LogP contribution in [-0.2, 0) is 19.4 Å². The minimum atomic E-state index is -0.0472. The summed E-state index contributed by atoms with van der Waals surface area (Å²) in [6.45, 7) is 0.474. The van der Waals surface area contributed by atoms with Crippen molar-refractivity contribution in [2.45, 2.75) is 25.8 Å². The number of carbonyl (C=O) groups is 1. The average Bonchev–Trinajstić information content (AvgIpc) is 3.00. The van der Waals surface area contributed by atoms with Crippen LogP contribution >= 0.6 is 0 Å². The Morgan fingerprint density at radius 1 is 1.10 bits per heavy atom. The molecule has 0 heterocycles. The molecule has 0 spiro atoms. The summed E-state index contributed by atoms with van der Waals surface area (Å²) < 4.78 is 0. The van der Waals surface area contributed by atoms with Gasteiger partial charge < -0.3 is 5.32 Å². The minimum Gasteiger partial charge on any atom is -0.348 e. The molecule has 0 saturated carbocycles. The molecule has 104 valence electrons. The zero-order valence-corrected chi connectivity index (χ0v) is 11.7. The first-order valence-electron chi connectivity index (χ1n) is 7.15. The molecule has 21 heavy (non-hydrogen) atoms. The zero-order chi connectivity index (χ0) is 14.7. The number of carbonyl (C=O) groups excluding carboxylic acids is 1. The van der Waals surface area contributed by atoms with E-state index in [0.29, 0.717) is 12.1 Å². The highest BCUT2D eigenvalue weighted by atomic mass is 16.1. The molecule has 1 amide bonds. The Labute approximate surface area is 124 Å². The van der Waals surface area contributed by atoms with Crippen LogP contribution in [0.25, 0.3) is 0 Å². The summed E-state index contributed by atoms with van der Waals surface area (Å²) in [5.41, 5.74) is 5.02. The van der Waals surface area contributed by atoms with Gasteiger partial charge in [0.05, 0.1) is 11.6 Å². The van der Waals surface area contributed by atoms with Crippen molar-refractivity contribution in [3.63, 3.8) is 0 Å². The van der Waals surface area contributed by atoms with Crippen molar-refractivity contribution in [3.05, 3.63) is 70.3 Å². The van der Waals surface area contributed by atoms with Gasteiger partial charge in [-0.05, 0) is 60.2 Å². The summed E-state index contributed by atoms with van der Waals surface area (Å²) in [5, 5.41) is 11.7. The van der Waals surface area contributed by atoms with Crippen molar-refractivity contribution in [1.29, 1.82) is 5.26 Å². The van der Waals surface area contributed by atoms with E-state index in [1.807, 2.05) is 24.3 Å². The van der Waals surface area contributed by atoms with E-state index in [1.165, 1.54) is 17.5 Å². The molecule has 0 aromatic heterocycles. The number of amides is 1. The topological polar surface area (TPSA) is 52.9 Å². The number of fused-ring (bicyclic) bond motifs is 1. The molecule has 3 rings (SSSR count). The van der Waals surface area contributed by atoms with Gasteiger partial charge in [0, 0.05) is 12.1 Å². The highest BCUT2D eigenvalue weighted by Crippen LogP contribution is 2.22. The molecule has 0 radical (unpaired) electrons. The van der Waals surface area contributed by atoms with E-state index in [4.69, 9.17) is 5.26 Å². The smallest absolute Gasteiger partial charge is 0.251 e. The molecule has 3 nitrogen and oxygen atoms in total. The lowest BCUT2D eigenvalue weighted by Gasteiger charge is -2.07. The highest BCUT2D eigenvalue weighted by molar-refractivity contribution is 5.94. The van der Waals surface area contributed by atoms with E-state index in [9.17, 15) is 4.79 Å². The number of nitrogens with one attached hydrogen (secondary N) is 1. The lowest BCUT2D eigenvalue weighted by Crippen LogP contribution is -2.22. The first-order valence-corrected chi connectivity index (χ1v) is 7.15. The summed E-state index contributed by atoms with van der Waals surface area (Å²) >= 11 is 0. The summed E-state index contributed by atoms with van der Waals surface area (Å²) in [7, 11) is 0. The fourth-order valence-corrected chi connectivity index (χ4v) is 2.69. The van der Waals surface area contributed by atoms with Gasteiger partial charge in [-0.2, -0.15) is 5.26 Å². The van der Waals surface area contributed by atoms with Crippen LogP contribution in [0.3, 0.4) is 0 Å². The fourth-order valence-electron chi connectivity index (χ4n) is 2.69. The van der Waals surface area contributed by atoms with Gasteiger partial charge in [0.25, 0.3) is 5.91 Å². The van der Waals surface area contributed by atoms with Crippen molar-refractivity contribution in [1.82, 2.24) is 5.32 Å². The van der Waals surface area contributed by atoms with Gasteiger partial charge in [0.1, 0.15) is 0 Å². The minimum absolute atomic E-state index is 0.0472. The molecule has 0 aliphatic heterocycles. The molecule has 0 unspecified atom stereocenters. The first-order chi connectivity index (χ1) is 10.3. The lowest BCUT2D eigenvalue weighted by molar-refractivity contribution is 0.0951. The number of rotatable bonds is 3. The van der Waals surface area contributed by atoms with Crippen LogP contribution < -0.4 is 5.32 Å². The second-order valence-electron chi connectivity index (χ2n) is 5.33. The molecular weight excluding hydrogens is 260 g/mol. The summed E-state index contributed by atoms with van der Waals surface area (Å²) in [4.78, 5) is 12.2. The van der Waals surface area contributed by atoms with Crippen molar-refractivity contribution < 1.29 is 4.79 Å². The van der Waals surface area contributed by atoms with Crippen LogP contribution in [0.5, 0.6) is 0 Å². The maximum atomic E-state index is 12.2. The van der Waals surface area contributed by atoms with Gasteiger partial charge in [-0.3, -0.25) is 4.79 Å². The Kier molecular flexibility index (Phi) is 3.70. The Hall–Kier alpha value is -2.60. The quantitative estimate of drug-likeness (QED) is 0.937. The first kappa shape index (κ1) is 13.4. The highest BCUT2D eigenvalue weighted by Gasteiger charge is 2.13. The third-order valence-corrected chi connectivity index (χ3v) is 3.90. The van der Waals surface area contributed by atoms with E-state index in [1.54, 1.807) is 12.1 Å².